The Balaban J connectivity index is 2.28. The summed E-state index contributed by atoms with van der Waals surface area (Å²) in [5, 5.41) is 10.2. The fourth-order valence-electron chi connectivity index (χ4n) is 1.86. The summed E-state index contributed by atoms with van der Waals surface area (Å²) in [6, 6.07) is 9.79. The van der Waals surface area contributed by atoms with Crippen LogP contribution in [0.1, 0.15) is 36.3 Å². The Kier molecular flexibility index (Phi) is 4.02. The highest BCUT2D eigenvalue weighted by molar-refractivity contribution is 9.10. The first-order chi connectivity index (χ1) is 8.22. The second kappa shape index (κ2) is 5.52. The first-order valence-electron chi connectivity index (χ1n) is 5.72. The highest BCUT2D eigenvalue weighted by atomic mass is 79.9. The molecule has 0 amide bonds. The van der Waals surface area contributed by atoms with Crippen molar-refractivity contribution < 1.29 is 9.52 Å². The Labute approximate surface area is 109 Å². The normalized spacial score (nSPS) is 12.6. The molecule has 1 heterocycles. The van der Waals surface area contributed by atoms with Crippen LogP contribution in [0, 0.1) is 0 Å². The first kappa shape index (κ1) is 12.4. The molecule has 0 fully saturated rings. The molecule has 0 radical (unpaired) electrons. The van der Waals surface area contributed by atoms with Crippen LogP contribution in [0.2, 0.25) is 0 Å². The Bertz CT molecular complexity index is 490. The van der Waals surface area contributed by atoms with E-state index in [4.69, 9.17) is 4.42 Å². The van der Waals surface area contributed by atoms with Crippen LogP contribution in [0.25, 0.3) is 0 Å². The topological polar surface area (TPSA) is 33.4 Å². The van der Waals surface area contributed by atoms with Crippen molar-refractivity contribution in [3.05, 3.63) is 58.0 Å². The molecule has 0 saturated heterocycles. The number of halogens is 1. The van der Waals surface area contributed by atoms with Gasteiger partial charge in [0.05, 0.1) is 10.7 Å². The van der Waals surface area contributed by atoms with Crippen molar-refractivity contribution in [3.63, 3.8) is 0 Å². The Hall–Kier alpha value is -1.06. The van der Waals surface area contributed by atoms with E-state index >= 15 is 0 Å². The predicted molar refractivity (Wildman–Crippen MR) is 70.9 cm³/mol. The minimum Gasteiger partial charge on any atom is -0.465 e. The van der Waals surface area contributed by atoms with Gasteiger partial charge in [-0.1, -0.05) is 37.6 Å². The van der Waals surface area contributed by atoms with Crippen LogP contribution in [-0.2, 0) is 6.42 Å². The van der Waals surface area contributed by atoms with Crippen LogP contribution in [0.15, 0.2) is 45.5 Å². The molecule has 1 atom stereocenters. The molecule has 3 heteroatoms. The van der Waals surface area contributed by atoms with Crippen molar-refractivity contribution in [2.45, 2.75) is 25.9 Å². The maximum Gasteiger partial charge on any atom is 0.150 e. The minimum atomic E-state index is -0.712. The predicted octanol–water partition coefficient (Wildman–Crippen LogP) is 4.08. The highest BCUT2D eigenvalue weighted by Crippen LogP contribution is 2.29. The number of rotatable bonds is 4. The molecule has 1 aromatic heterocycles. The largest absolute Gasteiger partial charge is 0.465 e. The van der Waals surface area contributed by atoms with Crippen molar-refractivity contribution in [1.29, 1.82) is 0 Å². The van der Waals surface area contributed by atoms with Gasteiger partial charge in [0.2, 0.25) is 0 Å². The zero-order chi connectivity index (χ0) is 12.3. The van der Waals surface area contributed by atoms with Gasteiger partial charge in [0.25, 0.3) is 0 Å². The molecule has 0 aliphatic carbocycles. The molecule has 2 aromatic rings. The van der Waals surface area contributed by atoms with Crippen molar-refractivity contribution in [2.24, 2.45) is 0 Å². The van der Waals surface area contributed by atoms with Crippen molar-refractivity contribution in [1.82, 2.24) is 0 Å². The summed E-state index contributed by atoms with van der Waals surface area (Å²) in [4.78, 5) is 0. The fourth-order valence-corrected chi connectivity index (χ4v) is 2.28. The van der Waals surface area contributed by atoms with Crippen LogP contribution in [0.3, 0.4) is 0 Å². The smallest absolute Gasteiger partial charge is 0.150 e. The quantitative estimate of drug-likeness (QED) is 0.922. The van der Waals surface area contributed by atoms with Gasteiger partial charge in [-0.25, -0.2) is 0 Å². The summed E-state index contributed by atoms with van der Waals surface area (Å²) in [7, 11) is 0. The molecule has 0 bridgehead atoms. The average Bonchev–Trinajstić information content (AvgIpc) is 2.75. The molecular formula is C14H15BrO2. The molecule has 2 rings (SSSR count). The van der Waals surface area contributed by atoms with Crippen LogP contribution >= 0.6 is 15.9 Å². The number of hydrogen-bond acceptors (Lipinski definition) is 2. The first-order valence-corrected chi connectivity index (χ1v) is 6.51. The van der Waals surface area contributed by atoms with Gasteiger partial charge in [0.15, 0.2) is 5.76 Å². The second-order valence-electron chi connectivity index (χ2n) is 4.03. The molecule has 1 aromatic carbocycles. The maximum absolute atomic E-state index is 10.2. The summed E-state index contributed by atoms with van der Waals surface area (Å²) in [6.07, 6.45) is 2.98. The van der Waals surface area contributed by atoms with Crippen molar-refractivity contribution in [2.75, 3.05) is 0 Å². The number of benzene rings is 1. The van der Waals surface area contributed by atoms with E-state index in [2.05, 4.69) is 28.9 Å². The van der Waals surface area contributed by atoms with Gasteiger partial charge in [0, 0.05) is 0 Å². The van der Waals surface area contributed by atoms with Crippen molar-refractivity contribution in [3.8, 4) is 0 Å². The van der Waals surface area contributed by atoms with E-state index in [1.54, 1.807) is 12.3 Å². The SMILES string of the molecule is CCCc1cccc(C(O)c2occc2Br)c1. The van der Waals surface area contributed by atoms with Crippen LogP contribution in [0.4, 0.5) is 0 Å². The molecule has 0 aliphatic heterocycles. The van der Waals surface area contributed by atoms with E-state index in [-0.39, 0.29) is 0 Å². The minimum absolute atomic E-state index is 0.554. The van der Waals surface area contributed by atoms with Gasteiger partial charge < -0.3 is 9.52 Å². The number of aliphatic hydroxyl groups excluding tert-OH is 1. The molecular weight excluding hydrogens is 280 g/mol. The molecule has 90 valence electrons. The summed E-state index contributed by atoms with van der Waals surface area (Å²) in [6.45, 7) is 2.15. The number of hydrogen-bond donors (Lipinski definition) is 1. The Morgan fingerprint density at radius 3 is 2.82 bits per heavy atom. The molecule has 0 spiro atoms. The van der Waals surface area contributed by atoms with Gasteiger partial charge in [-0.2, -0.15) is 0 Å². The van der Waals surface area contributed by atoms with E-state index in [9.17, 15) is 5.11 Å². The van der Waals surface area contributed by atoms with Crippen molar-refractivity contribution >= 4 is 15.9 Å². The van der Waals surface area contributed by atoms with Gasteiger partial charge in [-0.05, 0) is 39.5 Å². The molecule has 1 N–H and O–H groups in total. The van der Waals surface area contributed by atoms with E-state index in [1.165, 1.54) is 5.56 Å². The fraction of sp³-hybridized carbons (Fsp3) is 0.286. The third-order valence-electron chi connectivity index (χ3n) is 2.70. The van der Waals surface area contributed by atoms with E-state index in [1.807, 2.05) is 18.2 Å². The molecule has 17 heavy (non-hydrogen) atoms. The van der Waals surface area contributed by atoms with Gasteiger partial charge >= 0.3 is 0 Å². The summed E-state index contributed by atoms with van der Waals surface area (Å²) in [5.41, 5.74) is 2.11. The molecule has 0 aliphatic rings. The van der Waals surface area contributed by atoms with Crippen LogP contribution in [-0.4, -0.2) is 5.11 Å². The summed E-state index contributed by atoms with van der Waals surface area (Å²) >= 11 is 3.36. The Morgan fingerprint density at radius 1 is 1.35 bits per heavy atom. The third-order valence-corrected chi connectivity index (χ3v) is 3.35. The van der Waals surface area contributed by atoms with Crippen LogP contribution < -0.4 is 0 Å². The third kappa shape index (κ3) is 2.79. The zero-order valence-electron chi connectivity index (χ0n) is 9.69. The monoisotopic (exact) mass is 294 g/mol. The van der Waals surface area contributed by atoms with E-state index < -0.39 is 6.10 Å². The number of aryl methyl sites for hydroxylation is 1. The summed E-state index contributed by atoms with van der Waals surface area (Å²) < 4.78 is 6.08. The van der Waals surface area contributed by atoms with Gasteiger partial charge in [-0.15, -0.1) is 0 Å². The lowest BCUT2D eigenvalue weighted by molar-refractivity contribution is 0.188. The highest BCUT2D eigenvalue weighted by Gasteiger charge is 2.17. The van der Waals surface area contributed by atoms with Crippen LogP contribution in [0.5, 0.6) is 0 Å². The maximum atomic E-state index is 10.2. The lowest BCUT2D eigenvalue weighted by Gasteiger charge is -2.10. The zero-order valence-corrected chi connectivity index (χ0v) is 11.3. The number of furan rings is 1. The average molecular weight is 295 g/mol. The van der Waals surface area contributed by atoms with E-state index in [0.717, 1.165) is 22.9 Å². The molecule has 1 unspecified atom stereocenters. The summed E-state index contributed by atoms with van der Waals surface area (Å²) in [5.74, 6) is 0.554. The van der Waals surface area contributed by atoms with Gasteiger partial charge in [0.1, 0.15) is 6.10 Å². The standard InChI is InChI=1S/C14H15BrO2/c1-2-4-10-5-3-6-11(9-10)13(16)14-12(15)7-8-17-14/h3,5-9,13,16H,2,4H2,1H3. The lowest BCUT2D eigenvalue weighted by atomic mass is 10.0. The Morgan fingerprint density at radius 2 is 2.18 bits per heavy atom. The van der Waals surface area contributed by atoms with E-state index in [0.29, 0.717) is 5.76 Å². The second-order valence-corrected chi connectivity index (χ2v) is 4.88. The molecule has 0 saturated carbocycles. The number of aliphatic hydroxyl groups is 1. The lowest BCUT2D eigenvalue weighted by Crippen LogP contribution is -1.99. The molecule has 2 nitrogen and oxygen atoms in total. The van der Waals surface area contributed by atoms with Gasteiger partial charge in [-0.3, -0.25) is 0 Å².